The van der Waals surface area contributed by atoms with Crippen molar-refractivity contribution in [3.8, 4) is 0 Å². The molecule has 100 valence electrons. The van der Waals surface area contributed by atoms with Crippen LogP contribution in [-0.2, 0) is 16.6 Å². The monoisotopic (exact) mass is 282 g/mol. The van der Waals surface area contributed by atoms with Gasteiger partial charge in [0.2, 0.25) is 0 Å². The Morgan fingerprint density at radius 1 is 1.53 bits per heavy atom. The van der Waals surface area contributed by atoms with E-state index in [0.29, 0.717) is 6.54 Å². The maximum absolute atomic E-state index is 12.0. The second-order valence-corrected chi connectivity index (χ2v) is 5.81. The van der Waals surface area contributed by atoms with Crippen LogP contribution in [0, 0.1) is 0 Å². The summed E-state index contributed by atoms with van der Waals surface area (Å²) in [5.74, 6) is 0. The van der Waals surface area contributed by atoms with Crippen LogP contribution in [0.2, 0.25) is 0 Å². The Kier molecular flexibility index (Phi) is 5.60. The molecular weight excluding hydrogens is 264 g/mol. The lowest BCUT2D eigenvalue weighted by molar-refractivity contribution is 0.455. The molecule has 0 amide bonds. The van der Waals surface area contributed by atoms with Crippen LogP contribution in [0.15, 0.2) is 17.3 Å². The molecule has 3 N–H and O–H groups in total. The van der Waals surface area contributed by atoms with E-state index in [0.717, 1.165) is 0 Å². The normalized spacial score (nSPS) is 12.2. The van der Waals surface area contributed by atoms with Gasteiger partial charge in [0.15, 0.2) is 5.03 Å². The van der Waals surface area contributed by atoms with Crippen LogP contribution in [0.5, 0.6) is 0 Å². The Morgan fingerprint density at radius 3 is 2.59 bits per heavy atom. The first-order valence-electron chi connectivity index (χ1n) is 5.08. The van der Waals surface area contributed by atoms with Crippen molar-refractivity contribution < 1.29 is 8.42 Å². The predicted octanol–water partition coefficient (Wildman–Crippen LogP) is 0.340. The Hall–Kier alpha value is -0.630. The molecule has 1 aromatic rings. The maximum atomic E-state index is 12.0. The van der Waals surface area contributed by atoms with Gasteiger partial charge in [0.25, 0.3) is 10.0 Å². The summed E-state index contributed by atoms with van der Waals surface area (Å²) in [5.41, 5.74) is 4.82. The molecule has 0 aliphatic carbocycles. The number of sulfonamides is 1. The summed E-state index contributed by atoms with van der Waals surface area (Å²) in [7, 11) is -3.56. The van der Waals surface area contributed by atoms with E-state index in [9.17, 15) is 8.42 Å². The molecule has 0 unspecified atom stereocenters. The molecule has 0 atom stereocenters. The lowest BCUT2D eigenvalue weighted by atomic mass is 10.1. The number of nitrogens with zero attached hydrogens (tertiary/aromatic N) is 2. The van der Waals surface area contributed by atoms with Crippen LogP contribution in [0.25, 0.3) is 0 Å². The average molecular weight is 283 g/mol. The Bertz CT molecular complexity index is 455. The van der Waals surface area contributed by atoms with Crippen LogP contribution in [0.4, 0.5) is 0 Å². The van der Waals surface area contributed by atoms with Crippen molar-refractivity contribution in [2.24, 2.45) is 5.73 Å². The van der Waals surface area contributed by atoms with E-state index in [1.807, 2.05) is 6.92 Å². The molecule has 0 bridgehead atoms. The summed E-state index contributed by atoms with van der Waals surface area (Å²) in [6, 6.07) is 1.47. The zero-order valence-corrected chi connectivity index (χ0v) is 11.8. The molecule has 0 radical (unpaired) electrons. The third kappa shape index (κ3) is 3.95. The van der Waals surface area contributed by atoms with Gasteiger partial charge < -0.3 is 5.73 Å². The SMILES string of the molecule is CCn1nccc1S(=O)(=O)NC(C)(C)CN.Cl. The van der Waals surface area contributed by atoms with Crippen LogP contribution in [0.1, 0.15) is 20.8 Å². The van der Waals surface area contributed by atoms with Gasteiger partial charge in [-0.1, -0.05) is 0 Å². The minimum Gasteiger partial charge on any atom is -0.329 e. The lowest BCUT2D eigenvalue weighted by Gasteiger charge is -2.23. The van der Waals surface area contributed by atoms with Gasteiger partial charge in [0, 0.05) is 18.6 Å². The Balaban J connectivity index is 0.00000256. The molecule has 1 rings (SSSR count). The molecule has 0 saturated carbocycles. The average Bonchev–Trinajstić information content (AvgIpc) is 2.64. The fraction of sp³-hybridized carbons (Fsp3) is 0.667. The van der Waals surface area contributed by atoms with Crippen molar-refractivity contribution in [2.45, 2.75) is 37.9 Å². The minimum absolute atomic E-state index is 0. The Morgan fingerprint density at radius 2 is 2.12 bits per heavy atom. The van der Waals surface area contributed by atoms with Crippen LogP contribution >= 0.6 is 12.4 Å². The smallest absolute Gasteiger partial charge is 0.258 e. The molecule has 17 heavy (non-hydrogen) atoms. The van der Waals surface area contributed by atoms with E-state index in [1.165, 1.54) is 16.9 Å². The van der Waals surface area contributed by atoms with Crippen LogP contribution in [0.3, 0.4) is 0 Å². The number of nitrogens with two attached hydrogens (primary N) is 1. The van der Waals surface area contributed by atoms with E-state index < -0.39 is 15.6 Å². The first-order valence-corrected chi connectivity index (χ1v) is 6.56. The molecule has 8 heteroatoms. The lowest BCUT2D eigenvalue weighted by Crippen LogP contribution is -2.49. The van der Waals surface area contributed by atoms with Crippen molar-refractivity contribution in [1.82, 2.24) is 14.5 Å². The second kappa shape index (κ2) is 5.81. The van der Waals surface area contributed by atoms with Gasteiger partial charge in [-0.05, 0) is 26.8 Å². The van der Waals surface area contributed by atoms with E-state index in [2.05, 4.69) is 9.82 Å². The molecule has 1 aromatic heterocycles. The molecule has 0 aliphatic rings. The minimum atomic E-state index is -3.56. The third-order valence-electron chi connectivity index (χ3n) is 2.17. The highest BCUT2D eigenvalue weighted by Gasteiger charge is 2.27. The second-order valence-electron chi connectivity index (χ2n) is 4.18. The van der Waals surface area contributed by atoms with Crippen molar-refractivity contribution in [3.05, 3.63) is 12.3 Å². The van der Waals surface area contributed by atoms with Crippen molar-refractivity contribution >= 4 is 22.4 Å². The van der Waals surface area contributed by atoms with E-state index in [-0.39, 0.29) is 24.0 Å². The molecule has 0 spiro atoms. The maximum Gasteiger partial charge on any atom is 0.258 e. The molecular formula is C9H19ClN4O2S. The summed E-state index contributed by atoms with van der Waals surface area (Å²) in [5, 5.41) is 4.09. The summed E-state index contributed by atoms with van der Waals surface area (Å²) < 4.78 is 28.0. The highest BCUT2D eigenvalue weighted by atomic mass is 35.5. The topological polar surface area (TPSA) is 90.0 Å². The van der Waals surface area contributed by atoms with E-state index in [4.69, 9.17) is 5.73 Å². The van der Waals surface area contributed by atoms with Gasteiger partial charge in [0.05, 0.1) is 6.20 Å². The van der Waals surface area contributed by atoms with Crippen molar-refractivity contribution in [1.29, 1.82) is 0 Å². The molecule has 0 aliphatic heterocycles. The summed E-state index contributed by atoms with van der Waals surface area (Å²) >= 11 is 0. The predicted molar refractivity (Wildman–Crippen MR) is 68.6 cm³/mol. The largest absolute Gasteiger partial charge is 0.329 e. The molecule has 1 heterocycles. The van der Waals surface area contributed by atoms with Gasteiger partial charge in [-0.15, -0.1) is 12.4 Å². The number of nitrogens with one attached hydrogen (secondary N) is 1. The zero-order chi connectivity index (χ0) is 12.4. The number of halogens is 1. The molecule has 0 fully saturated rings. The van der Waals surface area contributed by atoms with Gasteiger partial charge in [-0.25, -0.2) is 13.1 Å². The van der Waals surface area contributed by atoms with Crippen LogP contribution < -0.4 is 10.5 Å². The van der Waals surface area contributed by atoms with Crippen LogP contribution in [-0.4, -0.2) is 30.3 Å². The zero-order valence-electron chi connectivity index (χ0n) is 10.2. The molecule has 0 aromatic carbocycles. The Labute approximate surface area is 108 Å². The summed E-state index contributed by atoms with van der Waals surface area (Å²) in [6.07, 6.45) is 1.47. The van der Waals surface area contributed by atoms with Gasteiger partial charge in [0.1, 0.15) is 0 Å². The van der Waals surface area contributed by atoms with Gasteiger partial charge in [-0.2, -0.15) is 5.10 Å². The fourth-order valence-corrected chi connectivity index (χ4v) is 2.85. The first kappa shape index (κ1) is 16.4. The number of aryl methyl sites for hydroxylation is 1. The summed E-state index contributed by atoms with van der Waals surface area (Å²) in [6.45, 7) is 6.04. The van der Waals surface area contributed by atoms with Crippen molar-refractivity contribution in [2.75, 3.05) is 6.54 Å². The fourth-order valence-electron chi connectivity index (χ4n) is 1.24. The quantitative estimate of drug-likeness (QED) is 0.815. The number of aromatic nitrogens is 2. The number of hydrogen-bond acceptors (Lipinski definition) is 4. The first-order chi connectivity index (χ1) is 7.32. The van der Waals surface area contributed by atoms with Crippen molar-refractivity contribution in [3.63, 3.8) is 0 Å². The number of rotatable bonds is 5. The van der Waals surface area contributed by atoms with E-state index in [1.54, 1.807) is 13.8 Å². The number of hydrogen-bond donors (Lipinski definition) is 2. The highest BCUT2D eigenvalue weighted by molar-refractivity contribution is 7.89. The third-order valence-corrected chi connectivity index (χ3v) is 3.89. The molecule has 6 nitrogen and oxygen atoms in total. The van der Waals surface area contributed by atoms with Gasteiger partial charge >= 0.3 is 0 Å². The highest BCUT2D eigenvalue weighted by Crippen LogP contribution is 2.11. The van der Waals surface area contributed by atoms with Gasteiger partial charge in [-0.3, -0.25) is 4.68 Å². The van der Waals surface area contributed by atoms with E-state index >= 15 is 0 Å². The molecule has 0 saturated heterocycles. The summed E-state index contributed by atoms with van der Waals surface area (Å²) in [4.78, 5) is 0. The standard InChI is InChI=1S/C9H18N4O2S.ClH/c1-4-13-8(5-6-11-13)16(14,15)12-9(2,3)7-10;/h5-6,12H,4,7,10H2,1-3H3;1H.